The molecular formula is C13H12ClFN2. The van der Waals surface area contributed by atoms with Gasteiger partial charge in [-0.15, -0.1) is 0 Å². The number of hydrogen-bond acceptors (Lipinski definition) is 2. The number of rotatable bonds is 3. The maximum Gasteiger partial charge on any atom is 0.141 e. The molecule has 1 aromatic carbocycles. The van der Waals surface area contributed by atoms with E-state index < -0.39 is 0 Å². The molecule has 1 aromatic heterocycles. The van der Waals surface area contributed by atoms with E-state index in [9.17, 15) is 4.39 Å². The molecule has 2 nitrogen and oxygen atoms in total. The van der Waals surface area contributed by atoms with Crippen molar-refractivity contribution in [3.05, 3.63) is 59.0 Å². The van der Waals surface area contributed by atoms with Gasteiger partial charge in [-0.2, -0.15) is 0 Å². The molecule has 0 aliphatic rings. The molecule has 0 amide bonds. The van der Waals surface area contributed by atoms with Gasteiger partial charge in [-0.05, 0) is 36.8 Å². The lowest BCUT2D eigenvalue weighted by molar-refractivity contribution is 0.621. The molecule has 0 aliphatic carbocycles. The molecular weight excluding hydrogens is 239 g/mol. The summed E-state index contributed by atoms with van der Waals surface area (Å²) in [6.45, 7) is 2.00. The highest BCUT2D eigenvalue weighted by molar-refractivity contribution is 6.30. The van der Waals surface area contributed by atoms with Crippen molar-refractivity contribution < 1.29 is 4.39 Å². The summed E-state index contributed by atoms with van der Waals surface area (Å²) in [6.07, 6.45) is 1.19. The average molecular weight is 251 g/mol. The zero-order chi connectivity index (χ0) is 12.3. The monoisotopic (exact) mass is 250 g/mol. The Hall–Kier alpha value is -1.61. The molecule has 0 spiro atoms. The van der Waals surface area contributed by atoms with Gasteiger partial charge >= 0.3 is 0 Å². The topological polar surface area (TPSA) is 24.9 Å². The highest BCUT2D eigenvalue weighted by Gasteiger charge is 2.06. The van der Waals surface area contributed by atoms with Gasteiger partial charge in [0.1, 0.15) is 11.6 Å². The maximum absolute atomic E-state index is 12.7. The van der Waals surface area contributed by atoms with Gasteiger partial charge in [-0.1, -0.05) is 23.7 Å². The first-order chi connectivity index (χ1) is 8.15. The van der Waals surface area contributed by atoms with Crippen LogP contribution in [0.5, 0.6) is 0 Å². The molecule has 0 fully saturated rings. The Morgan fingerprint density at radius 1 is 1.29 bits per heavy atom. The molecule has 4 heteroatoms. The van der Waals surface area contributed by atoms with E-state index in [1.165, 1.54) is 12.3 Å². The van der Waals surface area contributed by atoms with Crippen molar-refractivity contribution in [3.63, 3.8) is 0 Å². The summed E-state index contributed by atoms with van der Waals surface area (Å²) in [5.41, 5.74) is 1.06. The largest absolute Gasteiger partial charge is 0.364 e. The lowest BCUT2D eigenvalue weighted by atomic mass is 10.1. The predicted octanol–water partition coefficient (Wildman–Crippen LogP) is 4.05. The lowest BCUT2D eigenvalue weighted by Crippen LogP contribution is -2.07. The molecule has 2 aromatic rings. The van der Waals surface area contributed by atoms with Gasteiger partial charge in [0.05, 0.1) is 6.20 Å². The van der Waals surface area contributed by atoms with Gasteiger partial charge in [-0.25, -0.2) is 9.37 Å². The second-order valence-electron chi connectivity index (χ2n) is 3.78. The Morgan fingerprint density at radius 3 is 2.76 bits per heavy atom. The van der Waals surface area contributed by atoms with Gasteiger partial charge < -0.3 is 5.32 Å². The molecule has 0 saturated heterocycles. The minimum absolute atomic E-state index is 0.0617. The van der Waals surface area contributed by atoms with E-state index in [2.05, 4.69) is 10.3 Å². The Morgan fingerprint density at radius 2 is 2.12 bits per heavy atom. The molecule has 1 atom stereocenters. The van der Waals surface area contributed by atoms with Crippen LogP contribution in [0, 0.1) is 5.82 Å². The van der Waals surface area contributed by atoms with Gasteiger partial charge in [-0.3, -0.25) is 0 Å². The first-order valence-corrected chi connectivity index (χ1v) is 5.66. The fourth-order valence-electron chi connectivity index (χ4n) is 1.54. The molecule has 17 heavy (non-hydrogen) atoms. The molecule has 0 bridgehead atoms. The van der Waals surface area contributed by atoms with Crippen LogP contribution in [0.2, 0.25) is 5.02 Å². The second kappa shape index (κ2) is 5.15. The van der Waals surface area contributed by atoms with Crippen LogP contribution in [-0.4, -0.2) is 4.98 Å². The summed E-state index contributed by atoms with van der Waals surface area (Å²) in [5.74, 6) is 0.296. The van der Waals surface area contributed by atoms with Crippen LogP contribution in [0.25, 0.3) is 0 Å². The number of anilines is 1. The van der Waals surface area contributed by atoms with Gasteiger partial charge in [0, 0.05) is 11.1 Å². The number of nitrogens with zero attached hydrogens (tertiary/aromatic N) is 1. The fourth-order valence-corrected chi connectivity index (χ4v) is 1.74. The third-order valence-corrected chi connectivity index (χ3v) is 2.68. The van der Waals surface area contributed by atoms with Crippen molar-refractivity contribution in [2.75, 3.05) is 5.32 Å². The van der Waals surface area contributed by atoms with E-state index in [-0.39, 0.29) is 11.9 Å². The van der Waals surface area contributed by atoms with Crippen LogP contribution in [0.15, 0.2) is 42.6 Å². The number of nitrogens with one attached hydrogen (secondary N) is 1. The van der Waals surface area contributed by atoms with E-state index in [1.54, 1.807) is 6.07 Å². The zero-order valence-corrected chi connectivity index (χ0v) is 10.1. The van der Waals surface area contributed by atoms with Crippen molar-refractivity contribution in [2.45, 2.75) is 13.0 Å². The first-order valence-electron chi connectivity index (χ1n) is 5.29. The number of hydrogen-bond donors (Lipinski definition) is 1. The average Bonchev–Trinajstić information content (AvgIpc) is 2.32. The van der Waals surface area contributed by atoms with Crippen LogP contribution in [-0.2, 0) is 0 Å². The number of halogens is 2. The molecule has 2 rings (SSSR count). The van der Waals surface area contributed by atoms with Gasteiger partial charge in [0.25, 0.3) is 0 Å². The highest BCUT2D eigenvalue weighted by Crippen LogP contribution is 2.20. The predicted molar refractivity (Wildman–Crippen MR) is 67.7 cm³/mol. The van der Waals surface area contributed by atoms with Crippen LogP contribution in [0.4, 0.5) is 10.2 Å². The van der Waals surface area contributed by atoms with Crippen molar-refractivity contribution in [3.8, 4) is 0 Å². The fraction of sp³-hybridized carbons (Fsp3) is 0.154. The first kappa shape index (κ1) is 11.9. The Balaban J connectivity index is 2.11. The molecule has 88 valence electrons. The molecule has 0 aliphatic heterocycles. The van der Waals surface area contributed by atoms with E-state index >= 15 is 0 Å². The smallest absolute Gasteiger partial charge is 0.141 e. The summed E-state index contributed by atoms with van der Waals surface area (Å²) in [6, 6.07) is 10.6. The number of aromatic nitrogens is 1. The molecule has 0 saturated carbocycles. The van der Waals surface area contributed by atoms with Crippen molar-refractivity contribution in [1.29, 1.82) is 0 Å². The van der Waals surface area contributed by atoms with E-state index in [4.69, 9.17) is 11.6 Å². The molecule has 0 radical (unpaired) electrons. The summed E-state index contributed by atoms with van der Waals surface area (Å²) < 4.78 is 12.7. The third kappa shape index (κ3) is 3.17. The zero-order valence-electron chi connectivity index (χ0n) is 9.32. The standard InChI is InChI=1S/C13H12ClFN2/c1-9(10-3-2-4-11(14)7-10)17-13-6-5-12(15)8-16-13/h2-9H,1H3,(H,16,17). The summed E-state index contributed by atoms with van der Waals surface area (Å²) in [4.78, 5) is 3.95. The van der Waals surface area contributed by atoms with E-state index in [0.29, 0.717) is 10.8 Å². The summed E-state index contributed by atoms with van der Waals surface area (Å²) >= 11 is 5.92. The van der Waals surface area contributed by atoms with Crippen LogP contribution in [0.3, 0.4) is 0 Å². The van der Waals surface area contributed by atoms with Crippen LogP contribution in [0.1, 0.15) is 18.5 Å². The highest BCUT2D eigenvalue weighted by atomic mass is 35.5. The summed E-state index contributed by atoms with van der Waals surface area (Å²) in [7, 11) is 0. The second-order valence-corrected chi connectivity index (χ2v) is 4.22. The Kier molecular flexibility index (Phi) is 3.59. The Labute approximate surface area is 104 Å². The Bertz CT molecular complexity index is 499. The minimum Gasteiger partial charge on any atom is -0.364 e. The number of pyridine rings is 1. The lowest BCUT2D eigenvalue weighted by Gasteiger charge is -2.15. The van der Waals surface area contributed by atoms with Crippen molar-refractivity contribution in [2.24, 2.45) is 0 Å². The van der Waals surface area contributed by atoms with Crippen molar-refractivity contribution >= 4 is 17.4 Å². The van der Waals surface area contributed by atoms with Crippen LogP contribution < -0.4 is 5.32 Å². The van der Waals surface area contributed by atoms with Crippen LogP contribution >= 0.6 is 11.6 Å². The molecule has 1 heterocycles. The number of benzene rings is 1. The molecule has 1 N–H and O–H groups in total. The minimum atomic E-state index is -0.342. The molecule has 1 unspecified atom stereocenters. The van der Waals surface area contributed by atoms with Gasteiger partial charge in [0.2, 0.25) is 0 Å². The summed E-state index contributed by atoms with van der Waals surface area (Å²) in [5, 5.41) is 3.87. The third-order valence-electron chi connectivity index (χ3n) is 2.44. The quantitative estimate of drug-likeness (QED) is 0.889. The SMILES string of the molecule is CC(Nc1ccc(F)cn1)c1cccc(Cl)c1. The van der Waals surface area contributed by atoms with E-state index in [1.807, 2.05) is 31.2 Å². The van der Waals surface area contributed by atoms with Gasteiger partial charge in [0.15, 0.2) is 0 Å². The normalized spacial score (nSPS) is 12.2. The maximum atomic E-state index is 12.7. The van der Waals surface area contributed by atoms with Crippen molar-refractivity contribution in [1.82, 2.24) is 4.98 Å². The van der Waals surface area contributed by atoms with E-state index in [0.717, 1.165) is 5.56 Å².